The smallest absolute Gasteiger partial charge is 0.204 e. The van der Waals surface area contributed by atoms with Gasteiger partial charge in [0.25, 0.3) is 0 Å². The summed E-state index contributed by atoms with van der Waals surface area (Å²) in [5.41, 5.74) is 0.210. The van der Waals surface area contributed by atoms with Crippen LogP contribution in [0.15, 0.2) is 0 Å². The van der Waals surface area contributed by atoms with E-state index in [4.69, 9.17) is 0 Å². The zero-order valence-corrected chi connectivity index (χ0v) is 10.6. The molecule has 0 saturated carbocycles. The van der Waals surface area contributed by atoms with E-state index < -0.39 is 0 Å². The number of carbonyl (C=O) groups is 1. The standard InChI is InChI=1S/C11H20N2OS/c1-10(2,3)13-6-4-5-11(8-13)12-7-9(14)15-11/h12H,4-8H2,1-3H3. The predicted octanol–water partition coefficient (Wildman–Crippen LogP) is 1.44. The van der Waals surface area contributed by atoms with Gasteiger partial charge < -0.3 is 0 Å². The van der Waals surface area contributed by atoms with Crippen LogP contribution in [0.2, 0.25) is 0 Å². The van der Waals surface area contributed by atoms with Crippen LogP contribution >= 0.6 is 11.8 Å². The number of nitrogens with one attached hydrogen (secondary N) is 1. The zero-order chi connectivity index (χ0) is 11.1. The number of rotatable bonds is 0. The average Bonchev–Trinajstić information content (AvgIpc) is 2.46. The van der Waals surface area contributed by atoms with Crippen LogP contribution < -0.4 is 5.32 Å². The Bertz CT molecular complexity index is 274. The summed E-state index contributed by atoms with van der Waals surface area (Å²) >= 11 is 1.52. The van der Waals surface area contributed by atoms with Crippen molar-refractivity contribution >= 4 is 16.9 Å². The third kappa shape index (κ3) is 2.37. The molecule has 2 heterocycles. The second kappa shape index (κ2) is 3.75. The first-order valence-corrected chi connectivity index (χ1v) is 6.45. The molecule has 2 rings (SSSR count). The van der Waals surface area contributed by atoms with Crippen LogP contribution in [0, 0.1) is 0 Å². The highest BCUT2D eigenvalue weighted by atomic mass is 32.2. The monoisotopic (exact) mass is 228 g/mol. The Morgan fingerprint density at radius 1 is 1.47 bits per heavy atom. The van der Waals surface area contributed by atoms with Crippen LogP contribution in [0.1, 0.15) is 33.6 Å². The van der Waals surface area contributed by atoms with Crippen LogP contribution in [0.4, 0.5) is 0 Å². The van der Waals surface area contributed by atoms with Crippen LogP contribution in [-0.2, 0) is 4.79 Å². The first kappa shape index (κ1) is 11.4. The van der Waals surface area contributed by atoms with E-state index in [-0.39, 0.29) is 10.4 Å². The molecule has 2 fully saturated rings. The molecule has 4 heteroatoms. The van der Waals surface area contributed by atoms with Crippen molar-refractivity contribution in [3.05, 3.63) is 0 Å². The van der Waals surface area contributed by atoms with E-state index in [1.165, 1.54) is 18.2 Å². The minimum Gasteiger partial charge on any atom is -0.296 e. The Labute approximate surface area is 96.0 Å². The third-order valence-corrected chi connectivity index (χ3v) is 4.51. The Morgan fingerprint density at radius 3 is 2.73 bits per heavy atom. The Hall–Kier alpha value is -0.0600. The summed E-state index contributed by atoms with van der Waals surface area (Å²) in [5.74, 6) is 0. The minimum absolute atomic E-state index is 0.0165. The lowest BCUT2D eigenvalue weighted by molar-refractivity contribution is -0.109. The predicted molar refractivity (Wildman–Crippen MR) is 63.9 cm³/mol. The molecule has 0 aliphatic carbocycles. The van der Waals surface area contributed by atoms with E-state index in [1.807, 2.05) is 0 Å². The number of likely N-dealkylation sites (tertiary alicyclic amines) is 1. The fraction of sp³-hybridized carbons (Fsp3) is 0.909. The molecule has 1 N–H and O–H groups in total. The van der Waals surface area contributed by atoms with E-state index in [1.54, 1.807) is 0 Å². The molecule has 0 aromatic rings. The largest absolute Gasteiger partial charge is 0.296 e. The van der Waals surface area contributed by atoms with Crippen molar-refractivity contribution in [1.82, 2.24) is 10.2 Å². The molecule has 3 nitrogen and oxygen atoms in total. The van der Waals surface area contributed by atoms with E-state index in [0.29, 0.717) is 11.7 Å². The number of hydrogen-bond acceptors (Lipinski definition) is 4. The number of carbonyl (C=O) groups excluding carboxylic acids is 1. The van der Waals surface area contributed by atoms with Gasteiger partial charge in [-0.05, 0) is 40.2 Å². The summed E-state index contributed by atoms with van der Waals surface area (Å²) in [5, 5.41) is 3.69. The molecule has 15 heavy (non-hydrogen) atoms. The van der Waals surface area contributed by atoms with Crippen LogP contribution in [-0.4, -0.2) is 40.1 Å². The number of nitrogens with zero attached hydrogens (tertiary/aromatic N) is 1. The van der Waals surface area contributed by atoms with Crippen LogP contribution in [0.3, 0.4) is 0 Å². The highest BCUT2D eigenvalue weighted by Gasteiger charge is 2.44. The van der Waals surface area contributed by atoms with E-state index >= 15 is 0 Å². The highest BCUT2D eigenvalue weighted by Crippen LogP contribution is 2.38. The number of piperidine rings is 1. The SMILES string of the molecule is CC(C)(C)N1CCCC2(C1)NCC(=O)S2. The molecule has 1 spiro atoms. The lowest BCUT2D eigenvalue weighted by atomic mass is 9.98. The van der Waals surface area contributed by atoms with Crippen molar-refractivity contribution in [2.24, 2.45) is 0 Å². The zero-order valence-electron chi connectivity index (χ0n) is 9.80. The second-order valence-electron chi connectivity index (χ2n) is 5.52. The molecule has 2 saturated heterocycles. The van der Waals surface area contributed by atoms with Gasteiger partial charge in [0.15, 0.2) is 0 Å². The molecule has 0 amide bonds. The van der Waals surface area contributed by atoms with Gasteiger partial charge in [0, 0.05) is 12.1 Å². The van der Waals surface area contributed by atoms with Gasteiger partial charge in [-0.15, -0.1) is 0 Å². The summed E-state index contributed by atoms with van der Waals surface area (Å²) in [6, 6.07) is 0. The number of hydrogen-bond donors (Lipinski definition) is 1. The van der Waals surface area contributed by atoms with E-state index in [2.05, 4.69) is 31.0 Å². The van der Waals surface area contributed by atoms with Gasteiger partial charge in [-0.3, -0.25) is 15.0 Å². The van der Waals surface area contributed by atoms with E-state index in [9.17, 15) is 4.79 Å². The summed E-state index contributed by atoms with van der Waals surface area (Å²) < 4.78 is 0. The fourth-order valence-electron chi connectivity index (χ4n) is 2.35. The van der Waals surface area contributed by atoms with Crippen LogP contribution in [0.25, 0.3) is 0 Å². The summed E-state index contributed by atoms with van der Waals surface area (Å²) in [6.45, 7) is 9.42. The normalized spacial score (nSPS) is 33.9. The van der Waals surface area contributed by atoms with Gasteiger partial charge in [0.2, 0.25) is 5.12 Å². The van der Waals surface area contributed by atoms with Crippen molar-refractivity contribution in [2.45, 2.75) is 44.0 Å². The van der Waals surface area contributed by atoms with Crippen molar-refractivity contribution in [1.29, 1.82) is 0 Å². The summed E-state index contributed by atoms with van der Waals surface area (Å²) in [4.78, 5) is 13.9. The van der Waals surface area contributed by atoms with Gasteiger partial charge in [-0.1, -0.05) is 11.8 Å². The molecule has 1 atom stereocenters. The molecule has 86 valence electrons. The maximum atomic E-state index is 11.4. The van der Waals surface area contributed by atoms with Gasteiger partial charge in [0.05, 0.1) is 11.4 Å². The molecule has 0 aromatic carbocycles. The molecule has 0 bridgehead atoms. The topological polar surface area (TPSA) is 32.3 Å². The first-order chi connectivity index (χ1) is 6.91. The quantitative estimate of drug-likeness (QED) is 0.680. The maximum Gasteiger partial charge on any atom is 0.204 e. The Kier molecular flexibility index (Phi) is 2.86. The molecular weight excluding hydrogens is 208 g/mol. The molecule has 0 radical (unpaired) electrons. The molecule has 2 aliphatic heterocycles. The van der Waals surface area contributed by atoms with E-state index in [0.717, 1.165) is 19.5 Å². The summed E-state index contributed by atoms with van der Waals surface area (Å²) in [7, 11) is 0. The third-order valence-electron chi connectivity index (χ3n) is 3.27. The molecule has 0 aromatic heterocycles. The van der Waals surface area contributed by atoms with Crippen molar-refractivity contribution in [3.8, 4) is 0 Å². The van der Waals surface area contributed by atoms with Crippen molar-refractivity contribution in [3.63, 3.8) is 0 Å². The second-order valence-corrected chi connectivity index (χ2v) is 6.96. The lowest BCUT2D eigenvalue weighted by Gasteiger charge is -2.45. The highest BCUT2D eigenvalue weighted by molar-refractivity contribution is 8.15. The van der Waals surface area contributed by atoms with Gasteiger partial charge in [-0.2, -0.15) is 0 Å². The van der Waals surface area contributed by atoms with Gasteiger partial charge >= 0.3 is 0 Å². The molecular formula is C11H20N2OS. The minimum atomic E-state index is 0.0165. The van der Waals surface area contributed by atoms with Crippen molar-refractivity contribution in [2.75, 3.05) is 19.6 Å². The molecule has 1 unspecified atom stereocenters. The Morgan fingerprint density at radius 2 is 2.20 bits per heavy atom. The lowest BCUT2D eigenvalue weighted by Crippen LogP contribution is -2.57. The molecule has 2 aliphatic rings. The number of thioether (sulfide) groups is 1. The fourth-order valence-corrected chi connectivity index (χ4v) is 3.54. The van der Waals surface area contributed by atoms with Gasteiger partial charge in [-0.25, -0.2) is 0 Å². The van der Waals surface area contributed by atoms with Crippen LogP contribution in [0.5, 0.6) is 0 Å². The first-order valence-electron chi connectivity index (χ1n) is 5.63. The van der Waals surface area contributed by atoms with Gasteiger partial charge in [0.1, 0.15) is 0 Å². The average molecular weight is 228 g/mol. The maximum absolute atomic E-state index is 11.4. The van der Waals surface area contributed by atoms with Crippen molar-refractivity contribution < 1.29 is 4.79 Å². The Balaban J connectivity index is 2.07. The summed E-state index contributed by atoms with van der Waals surface area (Å²) in [6.07, 6.45) is 2.31.